The maximum Gasteiger partial charge on any atom is 0.159 e. The lowest BCUT2D eigenvalue weighted by molar-refractivity contribution is 0.659. The lowest BCUT2D eigenvalue weighted by Crippen LogP contribution is -2.27. The van der Waals surface area contributed by atoms with Crippen molar-refractivity contribution >= 4 is 99.9 Å². The van der Waals surface area contributed by atoms with E-state index in [9.17, 15) is 0 Å². The van der Waals surface area contributed by atoms with Gasteiger partial charge in [0.05, 0.1) is 23.1 Å². The first-order valence-electron chi connectivity index (χ1n) is 19.3. The second-order valence-corrected chi connectivity index (χ2v) is 14.8. The molecule has 0 amide bonds. The Hall–Kier alpha value is -7.30. The number of hydrogen-bond acceptors (Lipinski definition) is 4. The molecule has 56 heavy (non-hydrogen) atoms. The molecule has 264 valence electrons. The Morgan fingerprint density at radius 3 is 1.71 bits per heavy atom. The molecule has 2 heterocycles. The summed E-state index contributed by atoms with van der Waals surface area (Å²) in [6, 6.07) is 65.0. The molecule has 0 bridgehead atoms. The minimum Gasteiger partial charge on any atom is -0.454 e. The van der Waals surface area contributed by atoms with E-state index in [1.54, 1.807) is 0 Å². The number of hydrogen-bond donors (Lipinski definition) is 0. The van der Waals surface area contributed by atoms with Gasteiger partial charge in [0.15, 0.2) is 11.2 Å². The predicted molar refractivity (Wildman–Crippen MR) is 233 cm³/mol. The Labute approximate surface area is 322 Å². The first-order valence-corrected chi connectivity index (χ1v) is 19.3. The largest absolute Gasteiger partial charge is 0.454 e. The topological polar surface area (TPSA) is 32.8 Å². The second-order valence-electron chi connectivity index (χ2n) is 14.8. The van der Waals surface area contributed by atoms with Crippen LogP contribution in [0.3, 0.4) is 0 Å². The number of furan rings is 2. The van der Waals surface area contributed by atoms with Crippen LogP contribution >= 0.6 is 0 Å². The van der Waals surface area contributed by atoms with E-state index in [1.807, 2.05) is 12.1 Å². The summed E-state index contributed by atoms with van der Waals surface area (Å²) >= 11 is 0. The van der Waals surface area contributed by atoms with Gasteiger partial charge in [0, 0.05) is 38.3 Å². The zero-order chi connectivity index (χ0) is 36.7. The molecule has 11 aromatic rings. The lowest BCUT2D eigenvalue weighted by atomic mass is 9.85. The summed E-state index contributed by atoms with van der Waals surface area (Å²) in [6.45, 7) is 0. The highest BCUT2D eigenvalue weighted by Gasteiger charge is 2.30. The van der Waals surface area contributed by atoms with Crippen molar-refractivity contribution in [3.8, 4) is 0 Å². The van der Waals surface area contributed by atoms with Gasteiger partial charge in [-0.25, -0.2) is 0 Å². The van der Waals surface area contributed by atoms with E-state index >= 15 is 0 Å². The van der Waals surface area contributed by atoms with E-state index in [1.165, 1.54) is 32.3 Å². The molecule has 4 heteroatoms. The van der Waals surface area contributed by atoms with Crippen molar-refractivity contribution in [1.82, 2.24) is 0 Å². The fourth-order valence-corrected chi connectivity index (χ4v) is 9.33. The molecule has 0 aliphatic heterocycles. The fourth-order valence-electron chi connectivity index (χ4n) is 9.33. The van der Waals surface area contributed by atoms with Crippen LogP contribution in [-0.4, -0.2) is 0 Å². The highest BCUT2D eigenvalue weighted by Crippen LogP contribution is 2.49. The number of para-hydroxylation sites is 6. The van der Waals surface area contributed by atoms with Gasteiger partial charge in [-0.15, -0.1) is 0 Å². The number of rotatable bonds is 6. The molecule has 2 aromatic heterocycles. The number of benzene rings is 9. The summed E-state index contributed by atoms with van der Waals surface area (Å²) in [5, 5.41) is 10.7. The molecule has 1 atom stereocenters. The molecule has 12 rings (SSSR count). The van der Waals surface area contributed by atoms with Crippen LogP contribution < -0.4 is 15.0 Å². The highest BCUT2D eigenvalue weighted by molar-refractivity contribution is 6.19. The summed E-state index contributed by atoms with van der Waals surface area (Å²) in [7, 11) is 0. The van der Waals surface area contributed by atoms with E-state index < -0.39 is 0 Å². The normalized spacial score (nSPS) is 14.0. The molecule has 0 saturated carbocycles. The van der Waals surface area contributed by atoms with Crippen LogP contribution in [0.4, 0.5) is 28.4 Å². The third-order valence-electron chi connectivity index (χ3n) is 11.7. The molecule has 9 aromatic carbocycles. The van der Waals surface area contributed by atoms with Gasteiger partial charge in [-0.2, -0.15) is 0 Å². The summed E-state index contributed by atoms with van der Waals surface area (Å²) in [5.41, 5.74) is 10.3. The summed E-state index contributed by atoms with van der Waals surface area (Å²) in [6.07, 6.45) is 3.28. The van der Waals surface area contributed by atoms with Crippen LogP contribution in [0.15, 0.2) is 191 Å². The first-order chi connectivity index (χ1) is 27.8. The maximum atomic E-state index is 6.68. The van der Waals surface area contributed by atoms with Crippen LogP contribution in [0.5, 0.6) is 0 Å². The number of anilines is 5. The first kappa shape index (κ1) is 31.1. The number of fused-ring (bicyclic) bond motifs is 6. The molecule has 0 spiro atoms. The van der Waals surface area contributed by atoms with Gasteiger partial charge in [0.2, 0.25) is 0 Å². The van der Waals surface area contributed by atoms with Gasteiger partial charge in [-0.1, -0.05) is 133 Å². The van der Waals surface area contributed by atoms with Gasteiger partial charge in [0.1, 0.15) is 11.2 Å². The van der Waals surface area contributed by atoms with Crippen molar-refractivity contribution in [2.75, 3.05) is 9.80 Å². The van der Waals surface area contributed by atoms with Crippen LogP contribution in [0.2, 0.25) is 0 Å². The summed E-state index contributed by atoms with van der Waals surface area (Å²) < 4.78 is 13.3. The SMILES string of the molecule is C1=c2ccc3c(N(c4ccccc4)c4cccc5c4oc4ccccc45)ccc4ccc(c2c43)C(N(c2ccccc2)c2cccc3c2oc2ccccc23)C1. The quantitative estimate of drug-likeness (QED) is 0.171. The standard InChI is InChI=1S/C52H34N2O2/c1-3-13-35(14-4-1)53(45-21-11-19-39-37-17-7-9-23-47(37)55-51(39)45)43-31-27-33-26-30-42-44(32-28-34-25-29-41(43)49(33)50(34)42)54(36-15-5-2-6-16-36)46-22-12-20-40-38-18-8-10-24-48(38)56-52(40)46/h1-31,44H,32H2. The Bertz CT molecular complexity index is 3360. The van der Waals surface area contributed by atoms with Crippen LogP contribution in [0.25, 0.3) is 71.5 Å². The number of nitrogens with zero attached hydrogens (tertiary/aromatic N) is 2. The lowest BCUT2D eigenvalue weighted by Gasteiger charge is -2.36. The van der Waals surface area contributed by atoms with Crippen molar-refractivity contribution in [2.45, 2.75) is 12.5 Å². The zero-order valence-corrected chi connectivity index (χ0v) is 30.4. The van der Waals surface area contributed by atoms with E-state index in [4.69, 9.17) is 8.83 Å². The van der Waals surface area contributed by atoms with Gasteiger partial charge in [0.25, 0.3) is 0 Å². The molecule has 0 saturated heterocycles. The molecular formula is C52H34N2O2. The molecular weight excluding hydrogens is 685 g/mol. The van der Waals surface area contributed by atoms with Crippen molar-refractivity contribution in [2.24, 2.45) is 0 Å². The second kappa shape index (κ2) is 12.1. The van der Waals surface area contributed by atoms with Crippen molar-refractivity contribution in [3.05, 3.63) is 193 Å². The Morgan fingerprint density at radius 1 is 0.411 bits per heavy atom. The van der Waals surface area contributed by atoms with Crippen molar-refractivity contribution in [3.63, 3.8) is 0 Å². The average molecular weight is 719 g/mol. The minimum absolute atomic E-state index is 0.0249. The molecule has 1 aliphatic carbocycles. The predicted octanol–water partition coefficient (Wildman–Crippen LogP) is 14.0. The van der Waals surface area contributed by atoms with Crippen LogP contribution in [-0.2, 0) is 0 Å². The highest BCUT2D eigenvalue weighted by atomic mass is 16.3. The van der Waals surface area contributed by atoms with Crippen molar-refractivity contribution in [1.29, 1.82) is 0 Å². The van der Waals surface area contributed by atoms with E-state index in [0.29, 0.717) is 0 Å². The molecule has 0 fully saturated rings. The van der Waals surface area contributed by atoms with Gasteiger partial charge in [-0.05, 0) is 88.0 Å². The van der Waals surface area contributed by atoms with Crippen LogP contribution in [0, 0.1) is 0 Å². The minimum atomic E-state index is 0.0249. The summed E-state index contributed by atoms with van der Waals surface area (Å²) in [4.78, 5) is 4.87. The van der Waals surface area contributed by atoms with E-state index in [-0.39, 0.29) is 6.04 Å². The van der Waals surface area contributed by atoms with E-state index in [2.05, 4.69) is 186 Å². The van der Waals surface area contributed by atoms with Crippen molar-refractivity contribution < 1.29 is 8.83 Å². The van der Waals surface area contributed by atoms with Gasteiger partial charge in [-0.3, -0.25) is 0 Å². The molecule has 1 aliphatic rings. The zero-order valence-electron chi connectivity index (χ0n) is 30.4. The molecule has 4 nitrogen and oxygen atoms in total. The Balaban J connectivity index is 1.10. The van der Waals surface area contributed by atoms with Gasteiger partial charge < -0.3 is 18.6 Å². The fraction of sp³-hybridized carbons (Fsp3) is 0.0385. The average Bonchev–Trinajstić information content (AvgIpc) is 3.84. The van der Waals surface area contributed by atoms with Gasteiger partial charge >= 0.3 is 0 Å². The van der Waals surface area contributed by atoms with Crippen LogP contribution in [0.1, 0.15) is 18.0 Å². The smallest absolute Gasteiger partial charge is 0.159 e. The third kappa shape index (κ3) is 4.53. The monoisotopic (exact) mass is 718 g/mol. The molecule has 1 unspecified atom stereocenters. The summed E-state index contributed by atoms with van der Waals surface area (Å²) in [5.74, 6) is 0. The Kier molecular flexibility index (Phi) is 6.72. The van der Waals surface area contributed by atoms with E-state index in [0.717, 1.165) is 78.7 Å². The molecule has 0 radical (unpaired) electrons. The molecule has 0 N–H and O–H groups in total. The third-order valence-corrected chi connectivity index (χ3v) is 11.7. The maximum absolute atomic E-state index is 6.68. The Morgan fingerprint density at radius 2 is 1.00 bits per heavy atom.